The molecular weight excluding hydrogens is 196 g/mol. The van der Waals surface area contributed by atoms with Crippen molar-refractivity contribution in [3.05, 3.63) is 23.3 Å². The summed E-state index contributed by atoms with van der Waals surface area (Å²) in [5, 5.41) is 0. The zero-order chi connectivity index (χ0) is 11.8. The van der Waals surface area contributed by atoms with E-state index in [0.717, 1.165) is 18.4 Å². The van der Waals surface area contributed by atoms with E-state index >= 15 is 0 Å². The molecule has 0 radical (unpaired) electrons. The number of rotatable bonds is 3. The van der Waals surface area contributed by atoms with Crippen LogP contribution in [0.4, 0.5) is 0 Å². The Labute approximate surface area is 98.6 Å². The second-order valence-corrected chi connectivity index (χ2v) is 5.95. The van der Waals surface area contributed by atoms with Gasteiger partial charge in [0.15, 0.2) is 5.78 Å². The lowest BCUT2D eigenvalue weighted by Gasteiger charge is -2.32. The molecule has 0 saturated heterocycles. The molecule has 0 N–H and O–H groups in total. The second kappa shape index (κ2) is 4.20. The number of allylic oxidation sites excluding steroid dienone is 4. The third kappa shape index (κ3) is 2.45. The SMILES string of the molecule is CC1=C(C(=O)/C=C/C2CC2)C(C)(C)CCC1. The van der Waals surface area contributed by atoms with Crippen molar-refractivity contribution < 1.29 is 4.79 Å². The van der Waals surface area contributed by atoms with Crippen LogP contribution in [0.3, 0.4) is 0 Å². The Kier molecular flexibility index (Phi) is 3.05. The maximum absolute atomic E-state index is 12.2. The molecule has 0 aromatic rings. The van der Waals surface area contributed by atoms with Crippen molar-refractivity contribution in [3.63, 3.8) is 0 Å². The van der Waals surface area contributed by atoms with Crippen molar-refractivity contribution >= 4 is 5.78 Å². The first kappa shape index (κ1) is 11.6. The van der Waals surface area contributed by atoms with Gasteiger partial charge in [0, 0.05) is 5.57 Å². The van der Waals surface area contributed by atoms with Crippen LogP contribution in [-0.4, -0.2) is 5.78 Å². The molecule has 2 aliphatic rings. The molecule has 0 aromatic heterocycles. The van der Waals surface area contributed by atoms with E-state index in [1.54, 1.807) is 0 Å². The van der Waals surface area contributed by atoms with E-state index in [0.29, 0.717) is 5.92 Å². The monoisotopic (exact) mass is 218 g/mol. The summed E-state index contributed by atoms with van der Waals surface area (Å²) in [7, 11) is 0. The summed E-state index contributed by atoms with van der Waals surface area (Å²) in [6.07, 6.45) is 9.93. The van der Waals surface area contributed by atoms with Gasteiger partial charge in [0.2, 0.25) is 0 Å². The minimum Gasteiger partial charge on any atom is -0.290 e. The Morgan fingerprint density at radius 2 is 2.06 bits per heavy atom. The van der Waals surface area contributed by atoms with Gasteiger partial charge in [-0.2, -0.15) is 0 Å². The highest BCUT2D eigenvalue weighted by atomic mass is 16.1. The molecule has 0 atom stereocenters. The van der Waals surface area contributed by atoms with Crippen LogP contribution in [0.1, 0.15) is 52.9 Å². The van der Waals surface area contributed by atoms with E-state index in [4.69, 9.17) is 0 Å². The lowest BCUT2D eigenvalue weighted by molar-refractivity contribution is -0.112. The third-order valence-corrected chi connectivity index (χ3v) is 3.85. The Morgan fingerprint density at radius 1 is 1.38 bits per heavy atom. The van der Waals surface area contributed by atoms with E-state index in [2.05, 4.69) is 26.8 Å². The molecule has 0 unspecified atom stereocenters. The van der Waals surface area contributed by atoms with Gasteiger partial charge in [-0.3, -0.25) is 4.79 Å². The first-order valence-electron chi connectivity index (χ1n) is 6.43. The molecule has 0 aromatic carbocycles. The van der Waals surface area contributed by atoms with Crippen LogP contribution in [0.5, 0.6) is 0 Å². The Bertz CT molecular complexity index is 354. The lowest BCUT2D eigenvalue weighted by atomic mass is 9.71. The molecule has 1 nitrogen and oxygen atoms in total. The topological polar surface area (TPSA) is 17.1 Å². The fraction of sp³-hybridized carbons (Fsp3) is 0.667. The molecular formula is C15H22O. The van der Waals surface area contributed by atoms with Gasteiger partial charge in [-0.15, -0.1) is 0 Å². The highest BCUT2D eigenvalue weighted by Crippen LogP contribution is 2.41. The lowest BCUT2D eigenvalue weighted by Crippen LogP contribution is -2.25. The number of carbonyl (C=O) groups is 1. The molecule has 0 amide bonds. The number of carbonyl (C=O) groups excluding carboxylic acids is 1. The van der Waals surface area contributed by atoms with Crippen molar-refractivity contribution in [2.24, 2.45) is 11.3 Å². The standard InChI is InChI=1S/C15H22O/c1-11-5-4-10-15(2,3)14(11)13(16)9-8-12-6-7-12/h8-9,12H,4-7,10H2,1-3H3/b9-8+. The summed E-state index contributed by atoms with van der Waals surface area (Å²) in [5.41, 5.74) is 2.46. The number of ketones is 1. The minimum atomic E-state index is 0.0767. The highest BCUT2D eigenvalue weighted by molar-refractivity contribution is 6.05. The molecule has 1 fully saturated rings. The summed E-state index contributed by atoms with van der Waals surface area (Å²) in [4.78, 5) is 12.2. The van der Waals surface area contributed by atoms with Crippen molar-refractivity contribution in [2.45, 2.75) is 52.9 Å². The van der Waals surface area contributed by atoms with Crippen LogP contribution in [0.25, 0.3) is 0 Å². The molecule has 88 valence electrons. The average molecular weight is 218 g/mol. The molecule has 2 rings (SSSR count). The van der Waals surface area contributed by atoms with Gasteiger partial charge in [0.25, 0.3) is 0 Å². The molecule has 2 aliphatic carbocycles. The number of hydrogen-bond acceptors (Lipinski definition) is 1. The van der Waals surface area contributed by atoms with Gasteiger partial charge < -0.3 is 0 Å². The second-order valence-electron chi connectivity index (χ2n) is 5.95. The summed E-state index contributed by atoms with van der Waals surface area (Å²) < 4.78 is 0. The van der Waals surface area contributed by atoms with Crippen LogP contribution in [0.2, 0.25) is 0 Å². The van der Waals surface area contributed by atoms with Gasteiger partial charge >= 0.3 is 0 Å². The summed E-state index contributed by atoms with van der Waals surface area (Å²) in [6.45, 7) is 6.53. The van der Waals surface area contributed by atoms with Gasteiger partial charge in [0.05, 0.1) is 0 Å². The van der Waals surface area contributed by atoms with E-state index in [1.165, 1.54) is 24.8 Å². The predicted molar refractivity (Wildman–Crippen MR) is 67.2 cm³/mol. The molecule has 1 saturated carbocycles. The van der Waals surface area contributed by atoms with E-state index < -0.39 is 0 Å². The van der Waals surface area contributed by atoms with Crippen LogP contribution in [0, 0.1) is 11.3 Å². The Hall–Kier alpha value is -0.850. The van der Waals surface area contributed by atoms with Crippen molar-refractivity contribution in [3.8, 4) is 0 Å². The maximum Gasteiger partial charge on any atom is 0.181 e. The molecule has 16 heavy (non-hydrogen) atoms. The van der Waals surface area contributed by atoms with Crippen LogP contribution < -0.4 is 0 Å². The zero-order valence-corrected chi connectivity index (χ0v) is 10.7. The van der Waals surface area contributed by atoms with Gasteiger partial charge in [-0.05, 0) is 56.4 Å². The third-order valence-electron chi connectivity index (χ3n) is 3.85. The van der Waals surface area contributed by atoms with Crippen molar-refractivity contribution in [2.75, 3.05) is 0 Å². The largest absolute Gasteiger partial charge is 0.290 e. The van der Waals surface area contributed by atoms with E-state index in [-0.39, 0.29) is 11.2 Å². The van der Waals surface area contributed by atoms with Gasteiger partial charge in [-0.25, -0.2) is 0 Å². The smallest absolute Gasteiger partial charge is 0.181 e. The van der Waals surface area contributed by atoms with Crippen molar-refractivity contribution in [1.82, 2.24) is 0 Å². The fourth-order valence-corrected chi connectivity index (χ4v) is 2.76. The Balaban J connectivity index is 2.18. The molecule has 0 aliphatic heterocycles. The predicted octanol–water partition coefficient (Wildman–Crippen LogP) is 4.05. The minimum absolute atomic E-state index is 0.0767. The van der Waals surface area contributed by atoms with Gasteiger partial charge in [0.1, 0.15) is 0 Å². The normalized spacial score (nSPS) is 25.2. The zero-order valence-electron chi connectivity index (χ0n) is 10.7. The van der Waals surface area contributed by atoms with Crippen molar-refractivity contribution in [1.29, 1.82) is 0 Å². The maximum atomic E-state index is 12.2. The summed E-state index contributed by atoms with van der Waals surface area (Å²) in [6, 6.07) is 0. The van der Waals surface area contributed by atoms with Crippen LogP contribution in [-0.2, 0) is 4.79 Å². The number of hydrogen-bond donors (Lipinski definition) is 0. The summed E-state index contributed by atoms with van der Waals surface area (Å²) >= 11 is 0. The average Bonchev–Trinajstić information content (AvgIpc) is 2.96. The first-order valence-corrected chi connectivity index (χ1v) is 6.43. The molecule has 0 spiro atoms. The highest BCUT2D eigenvalue weighted by Gasteiger charge is 2.32. The molecule has 1 heteroatoms. The van der Waals surface area contributed by atoms with Crippen LogP contribution in [0.15, 0.2) is 23.3 Å². The fourth-order valence-electron chi connectivity index (χ4n) is 2.76. The Morgan fingerprint density at radius 3 is 2.62 bits per heavy atom. The quantitative estimate of drug-likeness (QED) is 0.653. The first-order chi connectivity index (χ1) is 7.50. The van der Waals surface area contributed by atoms with E-state index in [9.17, 15) is 4.79 Å². The van der Waals surface area contributed by atoms with Crippen LogP contribution >= 0.6 is 0 Å². The molecule has 0 bridgehead atoms. The van der Waals surface area contributed by atoms with E-state index in [1.807, 2.05) is 6.08 Å². The summed E-state index contributed by atoms with van der Waals surface area (Å²) in [5.74, 6) is 0.950. The van der Waals surface area contributed by atoms with Gasteiger partial charge in [-0.1, -0.05) is 25.5 Å². The molecule has 0 heterocycles.